The molecule has 0 unspecified atom stereocenters. The van der Waals surface area contributed by atoms with Crippen molar-refractivity contribution >= 4 is 0 Å². The Labute approximate surface area is 270 Å². The number of halogens is 9. The maximum Gasteiger partial charge on any atom is 0.573 e. The molecule has 0 aliphatic carbocycles. The molecule has 0 saturated heterocycles. The van der Waals surface area contributed by atoms with Crippen LogP contribution in [-0.4, -0.2) is 6.36 Å². The van der Waals surface area contributed by atoms with E-state index in [2.05, 4.69) is 16.4 Å². The van der Waals surface area contributed by atoms with Crippen LogP contribution >= 0.6 is 0 Å². The standard InChI is InChI=1S/C37H27F9O2/c1-2-3-4-5-22-6-16-29(30(38)18-22)26-13-11-24(12-14-26)23-7-9-25(10-8-23)27-19-32(40)35(33(41)20-27)36(42,43)47-28-15-17-34(31(39)21-28)48-37(44,45)46/h6-21H,2-5H2,1H3. The number of rotatable bonds is 11. The van der Waals surface area contributed by atoms with Crippen LogP contribution in [0, 0.1) is 23.3 Å². The molecule has 250 valence electrons. The van der Waals surface area contributed by atoms with E-state index >= 15 is 0 Å². The topological polar surface area (TPSA) is 18.5 Å². The summed E-state index contributed by atoms with van der Waals surface area (Å²) in [6.45, 7) is 2.11. The second-order valence-electron chi connectivity index (χ2n) is 11.0. The fraction of sp³-hybridized carbons (Fsp3) is 0.189. The average molecular weight is 675 g/mol. The molecule has 0 aliphatic rings. The number of alkyl halides is 5. The molecule has 0 bridgehead atoms. The van der Waals surface area contributed by atoms with E-state index in [1.807, 2.05) is 6.07 Å². The summed E-state index contributed by atoms with van der Waals surface area (Å²) in [5.41, 5.74) is 2.07. The first-order valence-corrected chi connectivity index (χ1v) is 14.9. The Bertz CT molecular complexity index is 1860. The molecule has 5 aromatic carbocycles. The van der Waals surface area contributed by atoms with E-state index in [-0.39, 0.29) is 17.4 Å². The van der Waals surface area contributed by atoms with Gasteiger partial charge >= 0.3 is 12.5 Å². The van der Waals surface area contributed by atoms with Crippen LogP contribution in [0.25, 0.3) is 33.4 Å². The third-order valence-electron chi connectivity index (χ3n) is 7.56. The predicted octanol–water partition coefficient (Wildman–Crippen LogP) is 12.0. The largest absolute Gasteiger partial charge is 0.573 e. The van der Waals surface area contributed by atoms with Gasteiger partial charge in [-0.3, -0.25) is 0 Å². The zero-order chi connectivity index (χ0) is 34.6. The van der Waals surface area contributed by atoms with Crippen molar-refractivity contribution in [2.24, 2.45) is 0 Å². The minimum absolute atomic E-state index is 0.0697. The van der Waals surface area contributed by atoms with Gasteiger partial charge in [0.05, 0.1) is 0 Å². The summed E-state index contributed by atoms with van der Waals surface area (Å²) >= 11 is 0. The summed E-state index contributed by atoms with van der Waals surface area (Å²) < 4.78 is 133. The summed E-state index contributed by atoms with van der Waals surface area (Å²) in [7, 11) is 0. The van der Waals surface area contributed by atoms with E-state index in [9.17, 15) is 39.5 Å². The Kier molecular flexibility index (Phi) is 10.1. The molecule has 5 aromatic rings. The lowest BCUT2D eigenvalue weighted by Gasteiger charge is -2.20. The van der Waals surface area contributed by atoms with Gasteiger partial charge < -0.3 is 9.47 Å². The molecule has 11 heteroatoms. The van der Waals surface area contributed by atoms with Crippen LogP contribution in [0.3, 0.4) is 0 Å². The number of unbranched alkanes of at least 4 members (excludes halogenated alkanes) is 2. The van der Waals surface area contributed by atoms with Crippen molar-refractivity contribution in [1.29, 1.82) is 0 Å². The molecule has 0 aromatic heterocycles. The summed E-state index contributed by atoms with van der Waals surface area (Å²) in [6, 6.07) is 21.2. The molecule has 48 heavy (non-hydrogen) atoms. The summed E-state index contributed by atoms with van der Waals surface area (Å²) in [5, 5.41) is 0. The molecule has 0 N–H and O–H groups in total. The highest BCUT2D eigenvalue weighted by atomic mass is 19.4. The van der Waals surface area contributed by atoms with E-state index in [1.54, 1.807) is 48.5 Å². The van der Waals surface area contributed by atoms with Gasteiger partial charge in [-0.1, -0.05) is 80.4 Å². The van der Waals surface area contributed by atoms with Gasteiger partial charge in [-0.2, -0.15) is 8.78 Å². The van der Waals surface area contributed by atoms with Crippen LogP contribution in [0.15, 0.2) is 97.1 Å². The first-order valence-electron chi connectivity index (χ1n) is 14.9. The molecular weight excluding hydrogens is 647 g/mol. The zero-order valence-electron chi connectivity index (χ0n) is 25.3. The van der Waals surface area contributed by atoms with Gasteiger partial charge in [-0.25, -0.2) is 17.6 Å². The van der Waals surface area contributed by atoms with Crippen LogP contribution in [0.1, 0.15) is 37.3 Å². The van der Waals surface area contributed by atoms with Crippen molar-refractivity contribution < 1.29 is 49.0 Å². The van der Waals surface area contributed by atoms with Gasteiger partial charge in [-0.05, 0) is 76.6 Å². The first kappa shape index (κ1) is 34.4. The Balaban J connectivity index is 1.30. The predicted molar refractivity (Wildman–Crippen MR) is 163 cm³/mol. The monoisotopic (exact) mass is 674 g/mol. The molecule has 0 aliphatic heterocycles. The third kappa shape index (κ3) is 8.13. The van der Waals surface area contributed by atoms with E-state index in [0.717, 1.165) is 42.4 Å². The molecule has 0 fully saturated rings. The first-order chi connectivity index (χ1) is 22.7. The van der Waals surface area contributed by atoms with Gasteiger partial charge in [0, 0.05) is 11.6 Å². The second kappa shape index (κ2) is 14.0. The van der Waals surface area contributed by atoms with Gasteiger partial charge in [0.2, 0.25) is 0 Å². The number of aryl methyl sites for hydroxylation is 1. The second-order valence-corrected chi connectivity index (χ2v) is 11.0. The van der Waals surface area contributed by atoms with Gasteiger partial charge in [0.1, 0.15) is 28.8 Å². The summed E-state index contributed by atoms with van der Waals surface area (Å²) in [6.07, 6.45) is -5.92. The Morgan fingerprint density at radius 3 is 1.60 bits per heavy atom. The molecule has 0 amide bonds. The van der Waals surface area contributed by atoms with E-state index in [4.69, 9.17) is 0 Å². The number of hydrogen-bond donors (Lipinski definition) is 0. The molecule has 0 spiro atoms. The van der Waals surface area contributed by atoms with E-state index < -0.39 is 47.0 Å². The minimum atomic E-state index is -5.24. The highest BCUT2D eigenvalue weighted by molar-refractivity contribution is 5.73. The smallest absolute Gasteiger partial charge is 0.429 e. The van der Waals surface area contributed by atoms with Crippen molar-refractivity contribution in [1.82, 2.24) is 0 Å². The highest BCUT2D eigenvalue weighted by Crippen LogP contribution is 2.39. The maximum absolute atomic E-state index is 14.9. The summed E-state index contributed by atoms with van der Waals surface area (Å²) in [5.74, 6) is -7.65. The lowest BCUT2D eigenvalue weighted by Crippen LogP contribution is -2.25. The van der Waals surface area contributed by atoms with Crippen molar-refractivity contribution in [2.75, 3.05) is 0 Å². The summed E-state index contributed by atoms with van der Waals surface area (Å²) in [4.78, 5) is 0. The van der Waals surface area contributed by atoms with Crippen LogP contribution in [-0.2, 0) is 12.5 Å². The lowest BCUT2D eigenvalue weighted by molar-refractivity contribution is -0.275. The molecule has 0 heterocycles. The number of benzene rings is 5. The van der Waals surface area contributed by atoms with Crippen LogP contribution < -0.4 is 9.47 Å². The van der Waals surface area contributed by atoms with Crippen molar-refractivity contribution in [3.63, 3.8) is 0 Å². The van der Waals surface area contributed by atoms with Crippen LogP contribution in [0.2, 0.25) is 0 Å². The van der Waals surface area contributed by atoms with Crippen LogP contribution in [0.5, 0.6) is 11.5 Å². The van der Waals surface area contributed by atoms with E-state index in [1.165, 1.54) is 12.1 Å². The van der Waals surface area contributed by atoms with Gasteiger partial charge in [-0.15, -0.1) is 13.2 Å². The maximum atomic E-state index is 14.9. The molecule has 5 rings (SSSR count). The SMILES string of the molecule is CCCCCc1ccc(-c2ccc(-c3ccc(-c4cc(F)c(C(F)(F)Oc5ccc(OC(F)(F)F)c(F)c5)c(F)c4)cc3)cc2)c(F)c1. The molecule has 0 saturated carbocycles. The van der Waals surface area contributed by atoms with E-state index in [0.29, 0.717) is 41.0 Å². The van der Waals surface area contributed by atoms with Crippen LogP contribution in [0.4, 0.5) is 39.5 Å². The number of ether oxygens (including phenoxy) is 2. The molecular formula is C37H27F9O2. The quantitative estimate of drug-likeness (QED) is 0.103. The average Bonchev–Trinajstić information content (AvgIpc) is 3.02. The van der Waals surface area contributed by atoms with Crippen molar-refractivity contribution in [3.05, 3.63) is 131 Å². The normalized spacial score (nSPS) is 11.9. The molecule has 0 radical (unpaired) electrons. The lowest BCUT2D eigenvalue weighted by atomic mass is 9.96. The highest BCUT2D eigenvalue weighted by Gasteiger charge is 2.41. The molecule has 0 atom stereocenters. The Morgan fingerprint density at radius 2 is 1.08 bits per heavy atom. The fourth-order valence-electron chi connectivity index (χ4n) is 5.19. The van der Waals surface area contributed by atoms with Crippen molar-refractivity contribution in [2.45, 2.75) is 45.1 Å². The van der Waals surface area contributed by atoms with Crippen molar-refractivity contribution in [3.8, 4) is 44.9 Å². The number of hydrogen-bond acceptors (Lipinski definition) is 2. The Hall–Kier alpha value is -4.93. The molecule has 2 nitrogen and oxygen atoms in total. The Morgan fingerprint density at radius 1 is 0.521 bits per heavy atom. The zero-order valence-corrected chi connectivity index (χ0v) is 25.3. The van der Waals surface area contributed by atoms with Gasteiger partial charge in [0.15, 0.2) is 11.6 Å². The van der Waals surface area contributed by atoms with Gasteiger partial charge in [0.25, 0.3) is 0 Å². The third-order valence-corrected chi connectivity index (χ3v) is 7.56. The minimum Gasteiger partial charge on any atom is -0.429 e. The fourth-order valence-corrected chi connectivity index (χ4v) is 5.19.